The number of carbonyl (C=O) groups is 1. The summed E-state index contributed by atoms with van der Waals surface area (Å²) in [5.41, 5.74) is 2.35. The van der Waals surface area contributed by atoms with Crippen LogP contribution in [0.1, 0.15) is 6.92 Å². The van der Waals surface area contributed by atoms with Gasteiger partial charge in [0.15, 0.2) is 10.9 Å². The predicted molar refractivity (Wildman–Crippen MR) is 142 cm³/mol. The van der Waals surface area contributed by atoms with Crippen molar-refractivity contribution in [2.45, 2.75) is 6.92 Å². The number of carbonyl (C=O) groups excluding carboxylic acids is 1. The van der Waals surface area contributed by atoms with Crippen molar-refractivity contribution in [2.75, 3.05) is 56.1 Å². The summed E-state index contributed by atoms with van der Waals surface area (Å²) < 4.78 is 16.4. The summed E-state index contributed by atoms with van der Waals surface area (Å²) in [4.78, 5) is 34.2. The molecule has 1 fully saturated rings. The van der Waals surface area contributed by atoms with E-state index in [1.165, 1.54) is 11.3 Å². The molecule has 192 valence electrons. The third kappa shape index (κ3) is 5.36. The van der Waals surface area contributed by atoms with Gasteiger partial charge in [0.2, 0.25) is 5.95 Å². The second kappa shape index (κ2) is 11.1. The van der Waals surface area contributed by atoms with Gasteiger partial charge in [0.25, 0.3) is 0 Å². The number of aliphatic hydroxyl groups excluding tert-OH is 1. The molecule has 0 atom stereocenters. The van der Waals surface area contributed by atoms with Crippen LogP contribution in [0, 0.1) is 5.82 Å². The Morgan fingerprint density at radius 1 is 1.14 bits per heavy atom. The van der Waals surface area contributed by atoms with E-state index in [4.69, 9.17) is 5.11 Å². The van der Waals surface area contributed by atoms with Crippen molar-refractivity contribution in [1.82, 2.24) is 30.2 Å². The van der Waals surface area contributed by atoms with Crippen LogP contribution in [0.4, 0.5) is 20.3 Å². The van der Waals surface area contributed by atoms with Gasteiger partial charge in [-0.15, -0.1) is 0 Å². The van der Waals surface area contributed by atoms with E-state index in [0.29, 0.717) is 51.3 Å². The number of amides is 2. The van der Waals surface area contributed by atoms with Crippen LogP contribution in [0.15, 0.2) is 42.9 Å². The molecule has 0 unspecified atom stereocenters. The molecule has 0 bridgehead atoms. The molecule has 1 aliphatic rings. The minimum atomic E-state index is -0.510. The molecule has 0 spiro atoms. The average molecular weight is 523 g/mol. The van der Waals surface area contributed by atoms with Gasteiger partial charge < -0.3 is 15.3 Å². The number of rotatable bonds is 7. The number of anilines is 2. The number of halogens is 1. The Morgan fingerprint density at radius 2 is 1.92 bits per heavy atom. The summed E-state index contributed by atoms with van der Waals surface area (Å²) in [6.45, 7) is 6.22. The zero-order valence-electron chi connectivity index (χ0n) is 20.3. The fourth-order valence-electron chi connectivity index (χ4n) is 4.27. The van der Waals surface area contributed by atoms with Gasteiger partial charge in [0, 0.05) is 74.5 Å². The Hall–Kier alpha value is -3.74. The number of nitrogens with one attached hydrogen (secondary N) is 2. The first-order chi connectivity index (χ1) is 18.1. The largest absolute Gasteiger partial charge is 0.395 e. The highest BCUT2D eigenvalue weighted by Gasteiger charge is 2.22. The summed E-state index contributed by atoms with van der Waals surface area (Å²) in [7, 11) is 0. The zero-order valence-corrected chi connectivity index (χ0v) is 21.1. The molecule has 1 aromatic carbocycles. The van der Waals surface area contributed by atoms with Crippen LogP contribution in [0.2, 0.25) is 0 Å². The highest BCUT2D eigenvalue weighted by atomic mass is 32.1. The number of fused-ring (bicyclic) bond motifs is 1. The lowest BCUT2D eigenvalue weighted by Gasteiger charge is -2.34. The topological polar surface area (TPSA) is 119 Å². The SMILES string of the molecule is CCNC(=O)Nc1nc2c(F)c(-c3cnc(N4CCN(CCO)CC4)nc3)cc(-c3ccccn3)c2s1. The molecule has 10 nitrogen and oxygen atoms in total. The molecule has 4 aromatic rings. The van der Waals surface area contributed by atoms with Crippen molar-refractivity contribution < 1.29 is 14.3 Å². The highest BCUT2D eigenvalue weighted by molar-refractivity contribution is 7.22. The Balaban J connectivity index is 1.50. The Morgan fingerprint density at radius 3 is 2.59 bits per heavy atom. The summed E-state index contributed by atoms with van der Waals surface area (Å²) in [6, 6.07) is 6.87. The summed E-state index contributed by atoms with van der Waals surface area (Å²) in [5, 5.41) is 14.8. The van der Waals surface area contributed by atoms with Gasteiger partial charge in [-0.05, 0) is 25.1 Å². The maximum Gasteiger partial charge on any atom is 0.321 e. The number of hydrogen-bond acceptors (Lipinski definition) is 9. The van der Waals surface area contributed by atoms with E-state index in [1.807, 2.05) is 25.1 Å². The standard InChI is InChI=1S/C25H27FN8O2S/c1-2-27-24(36)32-25-31-21-20(26)17(13-18(22(21)37-25)19-5-3-4-6-28-19)16-14-29-23(30-15-16)34-9-7-33(8-10-34)11-12-35/h3-6,13-15,35H,2,7-12H2,1H3,(H2,27,31,32,36). The molecule has 0 radical (unpaired) electrons. The number of aromatic nitrogens is 4. The minimum Gasteiger partial charge on any atom is -0.395 e. The molecule has 4 heterocycles. The second-order valence-corrected chi connectivity index (χ2v) is 9.50. The lowest BCUT2D eigenvalue weighted by molar-refractivity contribution is 0.188. The summed E-state index contributed by atoms with van der Waals surface area (Å²) in [6.07, 6.45) is 4.92. The van der Waals surface area contributed by atoms with Gasteiger partial charge in [0.05, 0.1) is 17.0 Å². The van der Waals surface area contributed by atoms with E-state index < -0.39 is 11.8 Å². The molecule has 0 saturated carbocycles. The Bertz CT molecular complexity index is 1380. The first-order valence-electron chi connectivity index (χ1n) is 12.1. The zero-order chi connectivity index (χ0) is 25.8. The molecule has 1 aliphatic heterocycles. The minimum absolute atomic E-state index is 0.143. The van der Waals surface area contributed by atoms with E-state index in [1.54, 1.807) is 24.7 Å². The molecule has 37 heavy (non-hydrogen) atoms. The fraction of sp³-hybridized carbons (Fsp3) is 0.320. The van der Waals surface area contributed by atoms with Crippen LogP contribution < -0.4 is 15.5 Å². The van der Waals surface area contributed by atoms with Crippen LogP contribution >= 0.6 is 11.3 Å². The average Bonchev–Trinajstić information content (AvgIpc) is 3.34. The van der Waals surface area contributed by atoms with Crippen molar-refractivity contribution in [2.24, 2.45) is 0 Å². The molecule has 3 aromatic heterocycles. The van der Waals surface area contributed by atoms with Gasteiger partial charge in [0.1, 0.15) is 5.52 Å². The first-order valence-corrected chi connectivity index (χ1v) is 12.9. The summed E-state index contributed by atoms with van der Waals surface area (Å²) >= 11 is 1.20. The van der Waals surface area contributed by atoms with E-state index in [0.717, 1.165) is 26.2 Å². The number of β-amino-alcohol motifs (C(OH)–C–C–N with tert-alkyl or cyclic N) is 1. The number of pyridine rings is 1. The van der Waals surface area contributed by atoms with Crippen LogP contribution in [0.5, 0.6) is 0 Å². The molecule has 0 aliphatic carbocycles. The lowest BCUT2D eigenvalue weighted by atomic mass is 10.0. The van der Waals surface area contributed by atoms with Crippen molar-refractivity contribution in [3.05, 3.63) is 48.7 Å². The lowest BCUT2D eigenvalue weighted by Crippen LogP contribution is -2.47. The van der Waals surface area contributed by atoms with Crippen molar-refractivity contribution >= 4 is 38.7 Å². The number of urea groups is 1. The highest BCUT2D eigenvalue weighted by Crippen LogP contribution is 2.40. The van der Waals surface area contributed by atoms with Gasteiger partial charge in [-0.3, -0.25) is 15.2 Å². The smallest absolute Gasteiger partial charge is 0.321 e. The molecule has 1 saturated heterocycles. The van der Waals surface area contributed by atoms with Crippen molar-refractivity contribution in [3.8, 4) is 22.4 Å². The molecule has 2 amide bonds. The number of hydrogen-bond donors (Lipinski definition) is 3. The van der Waals surface area contributed by atoms with Crippen LogP contribution in [-0.2, 0) is 0 Å². The number of aliphatic hydroxyl groups is 1. The van der Waals surface area contributed by atoms with Crippen molar-refractivity contribution in [3.63, 3.8) is 0 Å². The normalized spacial score (nSPS) is 14.2. The maximum absolute atomic E-state index is 15.8. The quantitative estimate of drug-likeness (QED) is 0.339. The van der Waals surface area contributed by atoms with Crippen LogP contribution in [0.3, 0.4) is 0 Å². The van der Waals surface area contributed by atoms with Gasteiger partial charge in [-0.1, -0.05) is 17.4 Å². The van der Waals surface area contributed by atoms with E-state index >= 15 is 4.39 Å². The number of benzene rings is 1. The van der Waals surface area contributed by atoms with E-state index in [9.17, 15) is 4.79 Å². The maximum atomic E-state index is 15.8. The van der Waals surface area contributed by atoms with E-state index in [2.05, 4.69) is 40.4 Å². The van der Waals surface area contributed by atoms with E-state index in [-0.39, 0.29) is 12.1 Å². The second-order valence-electron chi connectivity index (χ2n) is 8.51. The first kappa shape index (κ1) is 24.9. The molecular weight excluding hydrogens is 495 g/mol. The fourth-order valence-corrected chi connectivity index (χ4v) is 5.25. The number of nitrogens with zero attached hydrogens (tertiary/aromatic N) is 6. The molecule has 3 N–H and O–H groups in total. The number of thiazole rings is 1. The van der Waals surface area contributed by atoms with Crippen LogP contribution in [0.25, 0.3) is 32.6 Å². The summed E-state index contributed by atoms with van der Waals surface area (Å²) in [5.74, 6) is 0.0739. The Labute approximate surface area is 217 Å². The predicted octanol–water partition coefficient (Wildman–Crippen LogP) is 3.21. The Kier molecular flexibility index (Phi) is 7.49. The molecule has 12 heteroatoms. The molecular formula is C25H27FN8O2S. The van der Waals surface area contributed by atoms with Gasteiger partial charge in [-0.25, -0.2) is 24.1 Å². The van der Waals surface area contributed by atoms with Crippen molar-refractivity contribution in [1.29, 1.82) is 0 Å². The number of piperazine rings is 1. The van der Waals surface area contributed by atoms with Crippen LogP contribution in [-0.4, -0.2) is 81.8 Å². The van der Waals surface area contributed by atoms with Gasteiger partial charge in [-0.2, -0.15) is 0 Å². The third-order valence-electron chi connectivity index (χ3n) is 6.12. The van der Waals surface area contributed by atoms with Gasteiger partial charge >= 0.3 is 6.03 Å². The molecule has 5 rings (SSSR count). The monoisotopic (exact) mass is 522 g/mol. The third-order valence-corrected chi connectivity index (χ3v) is 7.13.